The van der Waals surface area contributed by atoms with Crippen molar-refractivity contribution in [3.8, 4) is 5.75 Å². The van der Waals surface area contributed by atoms with Gasteiger partial charge in [-0.2, -0.15) is 0 Å². The number of benzene rings is 2. The van der Waals surface area contributed by atoms with Crippen molar-refractivity contribution in [3.05, 3.63) is 64.7 Å². The van der Waals surface area contributed by atoms with Gasteiger partial charge in [-0.1, -0.05) is 29.8 Å². The summed E-state index contributed by atoms with van der Waals surface area (Å²) in [6.07, 6.45) is 8.78. The van der Waals surface area contributed by atoms with Crippen molar-refractivity contribution in [1.82, 2.24) is 10.0 Å². The zero-order valence-electron chi connectivity index (χ0n) is 28.4. The summed E-state index contributed by atoms with van der Waals surface area (Å²) in [4.78, 5) is 29.2. The fraction of sp³-hybridized carbons (Fsp3) is 0.556. The van der Waals surface area contributed by atoms with E-state index in [-0.39, 0.29) is 29.1 Å². The maximum absolute atomic E-state index is 14.8. The van der Waals surface area contributed by atoms with Gasteiger partial charge in [0.1, 0.15) is 11.4 Å². The number of urea groups is 1. The molecule has 1 unspecified atom stereocenters. The smallest absolute Gasteiger partial charge is 0.327 e. The van der Waals surface area contributed by atoms with E-state index in [1.54, 1.807) is 53.0 Å². The monoisotopic (exact) mass is 698 g/mol. The van der Waals surface area contributed by atoms with Crippen LogP contribution in [0.3, 0.4) is 0 Å². The third-order valence-electron chi connectivity index (χ3n) is 10.2. The molecule has 1 fully saturated rings. The summed E-state index contributed by atoms with van der Waals surface area (Å²) >= 11 is 6.45. The lowest BCUT2D eigenvalue weighted by Crippen LogP contribution is -2.49. The summed E-state index contributed by atoms with van der Waals surface area (Å²) < 4.78 is 40.1. The van der Waals surface area contributed by atoms with Gasteiger partial charge in [0.25, 0.3) is 5.91 Å². The number of hydrogen-bond donors (Lipinski definition) is 2. The topological polar surface area (TPSA) is 119 Å². The first-order valence-corrected chi connectivity index (χ1v) is 18.8. The van der Waals surface area contributed by atoms with E-state index in [4.69, 9.17) is 25.8 Å². The number of fused-ring (bicyclic) bond motifs is 4. The standard InChI is InChI=1S/C36H47ClN4O6S/c1-23(2)38-34(43)40-48(44)27-12-15-32-30(19-27)41(21-36(22-46-32)16-6-8-24-18-26(37)11-14-29(24)36)20-25-10-13-28(25)31(45-5)9-7-17-47-35(3,4)33(42)39-48/h7,9,11-12,14-15,18-19,23,25,28,31H,6,8,10,13,16-17,20-22H2,1-5H3,(H2,38,39,40,42,43,44)/b9-7+/t25-,28+,31-,36-,48?/m0/s1. The molecule has 3 amide bonds. The van der Waals surface area contributed by atoms with Crippen molar-refractivity contribution in [1.29, 1.82) is 0 Å². The highest BCUT2D eigenvalue weighted by atomic mass is 35.5. The second-order valence-corrected chi connectivity index (χ2v) is 16.7. The molecule has 10 nitrogen and oxygen atoms in total. The molecule has 0 aromatic heterocycles. The Balaban J connectivity index is 1.50. The first kappa shape index (κ1) is 34.7. The number of ether oxygens (including phenoxy) is 3. The largest absolute Gasteiger partial charge is 0.490 e. The van der Waals surface area contributed by atoms with Crippen molar-refractivity contribution >= 4 is 39.1 Å². The normalized spacial score (nSPS) is 30.5. The lowest BCUT2D eigenvalue weighted by Gasteiger charge is -2.46. The van der Waals surface area contributed by atoms with Crippen molar-refractivity contribution in [2.75, 3.05) is 38.3 Å². The SMILES string of the molecule is CO[C@H]1/C=C/COC(C)(C)C(=O)N=S(=O)(NC(=O)NC(C)C)c2ccc3c(c2)N(C[C@@H]2CC[C@H]21)C[C@@]1(CCCc2cc(Cl)ccc21)CO3. The van der Waals surface area contributed by atoms with E-state index in [0.29, 0.717) is 30.7 Å². The van der Waals surface area contributed by atoms with Gasteiger partial charge in [-0.15, -0.1) is 4.36 Å². The third kappa shape index (κ3) is 6.97. The molecule has 1 spiro atoms. The van der Waals surface area contributed by atoms with Crippen LogP contribution in [0.4, 0.5) is 10.5 Å². The molecular formula is C36H47ClN4O6S. The predicted molar refractivity (Wildman–Crippen MR) is 187 cm³/mol. The van der Waals surface area contributed by atoms with E-state index in [1.165, 1.54) is 11.1 Å². The summed E-state index contributed by atoms with van der Waals surface area (Å²) in [5, 5.41) is 3.44. The predicted octanol–water partition coefficient (Wildman–Crippen LogP) is 6.20. The number of anilines is 1. The molecule has 2 aromatic rings. The maximum atomic E-state index is 14.8. The molecule has 0 radical (unpaired) electrons. The highest BCUT2D eigenvalue weighted by Gasteiger charge is 2.44. The van der Waals surface area contributed by atoms with Crippen molar-refractivity contribution in [3.63, 3.8) is 0 Å². The quantitative estimate of drug-likeness (QED) is 0.367. The van der Waals surface area contributed by atoms with Gasteiger partial charge < -0.3 is 24.4 Å². The Morgan fingerprint density at radius 2 is 2.00 bits per heavy atom. The van der Waals surface area contributed by atoms with Crippen LogP contribution < -0.4 is 19.7 Å². The second-order valence-electron chi connectivity index (χ2n) is 14.3. The van der Waals surface area contributed by atoms with Crippen LogP contribution in [0.5, 0.6) is 5.75 Å². The number of nitrogens with one attached hydrogen (secondary N) is 2. The molecule has 12 heteroatoms. The van der Waals surface area contributed by atoms with E-state index < -0.39 is 27.5 Å². The molecule has 6 rings (SSSR count). The average Bonchev–Trinajstić information content (AvgIpc) is 3.16. The molecule has 1 saturated carbocycles. The molecule has 2 aromatic carbocycles. The lowest BCUT2D eigenvalue weighted by molar-refractivity contribution is -0.137. The van der Waals surface area contributed by atoms with Crippen LogP contribution in [-0.2, 0) is 36.0 Å². The molecule has 5 atom stereocenters. The Labute approximate surface area is 289 Å². The van der Waals surface area contributed by atoms with Crippen LogP contribution in [0.1, 0.15) is 64.5 Å². The second kappa shape index (κ2) is 13.7. The summed E-state index contributed by atoms with van der Waals surface area (Å²) in [5.74, 6) is 0.522. The Bertz CT molecular complexity index is 1720. The van der Waals surface area contributed by atoms with Crippen molar-refractivity contribution < 1.29 is 28.0 Å². The van der Waals surface area contributed by atoms with Gasteiger partial charge >= 0.3 is 6.03 Å². The third-order valence-corrected chi connectivity index (χ3v) is 12.2. The molecule has 2 bridgehead atoms. The van der Waals surface area contributed by atoms with Crippen molar-refractivity contribution in [2.24, 2.45) is 16.2 Å². The highest BCUT2D eigenvalue weighted by Crippen LogP contribution is 2.47. The zero-order chi connectivity index (χ0) is 34.3. The molecule has 4 aliphatic rings. The fourth-order valence-electron chi connectivity index (χ4n) is 7.49. The highest BCUT2D eigenvalue weighted by molar-refractivity contribution is 7.92. The van der Waals surface area contributed by atoms with Gasteiger partial charge in [-0.3, -0.25) is 4.79 Å². The van der Waals surface area contributed by atoms with Crippen molar-refractivity contribution in [2.45, 2.75) is 87.9 Å². The van der Waals surface area contributed by atoms with Crippen LogP contribution in [-0.4, -0.2) is 67.3 Å². The first-order valence-electron chi connectivity index (χ1n) is 16.9. The summed E-state index contributed by atoms with van der Waals surface area (Å²) in [5.41, 5.74) is 1.54. The number of nitrogens with zero attached hydrogens (tertiary/aromatic N) is 2. The lowest BCUT2D eigenvalue weighted by atomic mass is 9.68. The van der Waals surface area contributed by atoms with Gasteiger partial charge in [-0.05, 0) is 113 Å². The Kier molecular flexibility index (Phi) is 9.88. The number of carbonyl (C=O) groups excluding carboxylic acids is 2. The molecular weight excluding hydrogens is 652 g/mol. The Morgan fingerprint density at radius 1 is 1.19 bits per heavy atom. The molecule has 2 aliphatic heterocycles. The van der Waals surface area contributed by atoms with Crippen LogP contribution in [0.2, 0.25) is 5.02 Å². The van der Waals surface area contributed by atoms with E-state index in [0.717, 1.165) is 49.4 Å². The van der Waals surface area contributed by atoms with E-state index in [1.807, 2.05) is 18.2 Å². The Morgan fingerprint density at radius 3 is 2.73 bits per heavy atom. The number of aryl methyl sites for hydroxylation is 1. The maximum Gasteiger partial charge on any atom is 0.327 e. The number of carbonyl (C=O) groups is 2. The number of amides is 3. The molecule has 2 N–H and O–H groups in total. The number of rotatable bonds is 3. The Hall–Kier alpha value is -3.12. The van der Waals surface area contributed by atoms with Crippen LogP contribution in [0.15, 0.2) is 57.8 Å². The average molecular weight is 699 g/mol. The number of methoxy groups -OCH3 is 1. The van der Waals surface area contributed by atoms with Gasteiger partial charge in [0, 0.05) is 36.7 Å². The minimum Gasteiger partial charge on any atom is -0.490 e. The van der Waals surface area contributed by atoms with Gasteiger partial charge in [-0.25, -0.2) is 13.7 Å². The van der Waals surface area contributed by atoms with Gasteiger partial charge in [0.2, 0.25) is 0 Å². The summed E-state index contributed by atoms with van der Waals surface area (Å²) in [6.45, 7) is 8.78. The minimum absolute atomic E-state index is 0.105. The van der Waals surface area contributed by atoms with Crippen LogP contribution in [0.25, 0.3) is 0 Å². The van der Waals surface area contributed by atoms with Gasteiger partial charge in [0.15, 0.2) is 9.92 Å². The van der Waals surface area contributed by atoms with E-state index in [2.05, 4.69) is 31.4 Å². The molecule has 260 valence electrons. The van der Waals surface area contributed by atoms with Crippen LogP contribution in [0, 0.1) is 11.8 Å². The number of hydrogen-bond acceptors (Lipinski definition) is 7. The molecule has 48 heavy (non-hydrogen) atoms. The van der Waals surface area contributed by atoms with E-state index >= 15 is 0 Å². The summed E-state index contributed by atoms with van der Waals surface area (Å²) in [6, 6.07) is 10.5. The molecule has 2 aliphatic carbocycles. The van der Waals surface area contributed by atoms with Gasteiger partial charge in [0.05, 0.1) is 29.9 Å². The molecule has 0 saturated heterocycles. The number of halogens is 1. The zero-order valence-corrected chi connectivity index (χ0v) is 30.0. The summed E-state index contributed by atoms with van der Waals surface area (Å²) in [7, 11) is -2.08. The first-order chi connectivity index (χ1) is 22.8. The molecule has 2 heterocycles. The fourth-order valence-corrected chi connectivity index (χ4v) is 9.24. The minimum atomic E-state index is -3.81. The van der Waals surface area contributed by atoms with E-state index in [9.17, 15) is 13.8 Å². The van der Waals surface area contributed by atoms with Crippen LogP contribution >= 0.6 is 11.6 Å².